The van der Waals surface area contributed by atoms with E-state index in [1.165, 1.54) is 25.7 Å². The predicted molar refractivity (Wildman–Crippen MR) is 107 cm³/mol. The van der Waals surface area contributed by atoms with E-state index in [1.807, 2.05) is 18.2 Å². The molecule has 148 valence electrons. The van der Waals surface area contributed by atoms with Crippen molar-refractivity contribution in [3.8, 4) is 11.5 Å². The number of hydrogen-bond acceptors (Lipinski definition) is 4. The van der Waals surface area contributed by atoms with Crippen molar-refractivity contribution >= 4 is 11.6 Å². The number of rotatable bonds is 9. The molecule has 0 aromatic heterocycles. The largest absolute Gasteiger partial charge is 0.490 e. The minimum absolute atomic E-state index is 0.693. The molecule has 0 bridgehead atoms. The van der Waals surface area contributed by atoms with Gasteiger partial charge < -0.3 is 24.8 Å². The molecule has 4 rings (SSSR count). The van der Waals surface area contributed by atoms with E-state index in [4.69, 9.17) is 19.2 Å². The van der Waals surface area contributed by atoms with Crippen molar-refractivity contribution in [3.63, 3.8) is 0 Å². The fourth-order valence-corrected chi connectivity index (χ4v) is 2.95. The lowest BCUT2D eigenvalue weighted by atomic mass is 10.2. The molecule has 2 aliphatic carbocycles. The number of hydrogen-bond donors (Lipinski definition) is 2. The van der Waals surface area contributed by atoms with Gasteiger partial charge in [-0.1, -0.05) is 0 Å². The summed E-state index contributed by atoms with van der Waals surface area (Å²) in [5, 5.41) is 6.85. The van der Waals surface area contributed by atoms with Gasteiger partial charge in [-0.2, -0.15) is 0 Å². The Labute approximate surface area is 161 Å². The lowest BCUT2D eigenvalue weighted by Gasteiger charge is -2.14. The second-order valence-electron chi connectivity index (χ2n) is 7.77. The third-order valence-electron chi connectivity index (χ3n) is 5.02. The molecule has 1 aromatic carbocycles. The Bertz CT molecular complexity index is 642. The average molecular weight is 373 g/mol. The number of anilines is 1. The number of aliphatic imine (C=N–C) groups is 1. The van der Waals surface area contributed by atoms with Gasteiger partial charge in [0.1, 0.15) is 0 Å². The molecule has 6 nitrogen and oxygen atoms in total. The van der Waals surface area contributed by atoms with E-state index in [2.05, 4.69) is 10.6 Å². The number of guanidine groups is 1. The van der Waals surface area contributed by atoms with Gasteiger partial charge in [0.25, 0.3) is 0 Å². The van der Waals surface area contributed by atoms with E-state index >= 15 is 0 Å². The Morgan fingerprint density at radius 2 is 1.89 bits per heavy atom. The van der Waals surface area contributed by atoms with Crippen molar-refractivity contribution in [2.24, 2.45) is 16.8 Å². The SMILES string of the molecule is c1cc2c(cc1NC(=NCC1CC1)NCCCOCC1CC1)OCCCO2. The summed E-state index contributed by atoms with van der Waals surface area (Å²) in [4.78, 5) is 4.75. The Hall–Kier alpha value is -1.95. The van der Waals surface area contributed by atoms with Crippen LogP contribution in [0.25, 0.3) is 0 Å². The first-order valence-corrected chi connectivity index (χ1v) is 10.4. The molecule has 27 heavy (non-hydrogen) atoms. The molecule has 2 saturated carbocycles. The minimum Gasteiger partial charge on any atom is -0.490 e. The van der Waals surface area contributed by atoms with Crippen LogP contribution in [0, 0.1) is 11.8 Å². The normalized spacial score (nSPS) is 19.5. The minimum atomic E-state index is 0.693. The predicted octanol–water partition coefficient (Wildman–Crippen LogP) is 3.43. The van der Waals surface area contributed by atoms with Crippen LogP contribution >= 0.6 is 0 Å². The number of nitrogens with one attached hydrogen (secondary N) is 2. The molecule has 0 atom stereocenters. The van der Waals surface area contributed by atoms with Crippen LogP contribution in [-0.4, -0.2) is 45.5 Å². The molecule has 2 fully saturated rings. The van der Waals surface area contributed by atoms with Crippen LogP contribution in [0.15, 0.2) is 23.2 Å². The van der Waals surface area contributed by atoms with Crippen molar-refractivity contribution in [2.75, 3.05) is 44.8 Å². The van der Waals surface area contributed by atoms with Crippen molar-refractivity contribution in [3.05, 3.63) is 18.2 Å². The maximum Gasteiger partial charge on any atom is 0.195 e. The second-order valence-corrected chi connectivity index (χ2v) is 7.77. The van der Waals surface area contributed by atoms with E-state index in [1.54, 1.807) is 0 Å². The first-order chi connectivity index (χ1) is 13.4. The van der Waals surface area contributed by atoms with Gasteiger partial charge in [-0.15, -0.1) is 0 Å². The number of nitrogens with zero attached hydrogens (tertiary/aromatic N) is 1. The Kier molecular flexibility index (Phi) is 6.35. The molecule has 1 heterocycles. The number of ether oxygens (including phenoxy) is 3. The van der Waals surface area contributed by atoms with Crippen LogP contribution in [0.3, 0.4) is 0 Å². The molecule has 0 unspecified atom stereocenters. The molecule has 1 aromatic rings. The third-order valence-corrected chi connectivity index (χ3v) is 5.02. The van der Waals surface area contributed by atoms with Gasteiger partial charge in [0.2, 0.25) is 0 Å². The highest BCUT2D eigenvalue weighted by Crippen LogP contribution is 2.32. The van der Waals surface area contributed by atoms with E-state index in [9.17, 15) is 0 Å². The maximum absolute atomic E-state index is 5.79. The molecule has 1 aliphatic heterocycles. The Morgan fingerprint density at radius 1 is 1.07 bits per heavy atom. The zero-order chi connectivity index (χ0) is 18.3. The highest BCUT2D eigenvalue weighted by atomic mass is 16.5. The van der Waals surface area contributed by atoms with Crippen LogP contribution in [-0.2, 0) is 4.74 Å². The molecule has 6 heteroatoms. The highest BCUT2D eigenvalue weighted by molar-refractivity contribution is 5.94. The first kappa shape index (κ1) is 18.4. The van der Waals surface area contributed by atoms with Gasteiger partial charge in [0.15, 0.2) is 17.5 Å². The van der Waals surface area contributed by atoms with Gasteiger partial charge in [-0.25, -0.2) is 0 Å². The Balaban J connectivity index is 1.28. The molecule has 0 radical (unpaired) electrons. The molecular weight excluding hydrogens is 342 g/mol. The summed E-state index contributed by atoms with van der Waals surface area (Å²) >= 11 is 0. The summed E-state index contributed by atoms with van der Waals surface area (Å²) in [7, 11) is 0. The molecular formula is C21H31N3O3. The molecule has 3 aliphatic rings. The monoisotopic (exact) mass is 373 g/mol. The lowest BCUT2D eigenvalue weighted by molar-refractivity contribution is 0.123. The number of fused-ring (bicyclic) bond motifs is 1. The fourth-order valence-electron chi connectivity index (χ4n) is 2.95. The van der Waals surface area contributed by atoms with Gasteiger partial charge in [0, 0.05) is 44.5 Å². The summed E-state index contributed by atoms with van der Waals surface area (Å²) in [6.45, 7) is 4.88. The van der Waals surface area contributed by atoms with E-state index in [0.29, 0.717) is 13.2 Å². The lowest BCUT2D eigenvalue weighted by Crippen LogP contribution is -2.32. The maximum atomic E-state index is 5.79. The molecule has 0 amide bonds. The van der Waals surface area contributed by atoms with Crippen LogP contribution in [0.4, 0.5) is 5.69 Å². The summed E-state index contributed by atoms with van der Waals surface area (Å²) in [6, 6.07) is 5.97. The number of benzene rings is 1. The van der Waals surface area contributed by atoms with Gasteiger partial charge in [-0.05, 0) is 56.1 Å². The third kappa shape index (κ3) is 6.31. The average Bonchev–Trinajstić information content (AvgIpc) is 3.57. The van der Waals surface area contributed by atoms with Crippen LogP contribution < -0.4 is 20.1 Å². The smallest absolute Gasteiger partial charge is 0.195 e. The first-order valence-electron chi connectivity index (χ1n) is 10.4. The van der Waals surface area contributed by atoms with Crippen LogP contribution in [0.2, 0.25) is 0 Å². The van der Waals surface area contributed by atoms with E-state index in [-0.39, 0.29) is 0 Å². The van der Waals surface area contributed by atoms with Crippen molar-refractivity contribution in [1.29, 1.82) is 0 Å². The van der Waals surface area contributed by atoms with Crippen molar-refractivity contribution < 1.29 is 14.2 Å². The molecule has 0 spiro atoms. The highest BCUT2D eigenvalue weighted by Gasteiger charge is 2.21. The van der Waals surface area contributed by atoms with Gasteiger partial charge in [0.05, 0.1) is 13.2 Å². The van der Waals surface area contributed by atoms with E-state index < -0.39 is 0 Å². The zero-order valence-corrected chi connectivity index (χ0v) is 16.0. The van der Waals surface area contributed by atoms with Crippen molar-refractivity contribution in [1.82, 2.24) is 5.32 Å². The van der Waals surface area contributed by atoms with Gasteiger partial charge >= 0.3 is 0 Å². The quantitative estimate of drug-likeness (QED) is 0.394. The van der Waals surface area contributed by atoms with Crippen molar-refractivity contribution in [2.45, 2.75) is 38.5 Å². The standard InChI is InChI=1S/C21H31N3O3/c1(10-25-15-17-5-6-17)9-22-21(23-14-16-3-4-16)24-18-7-8-19-20(13-18)27-12-2-11-26-19/h7-8,13,16-17H,1-6,9-12,14-15H2,(H2,22,23,24). The summed E-state index contributed by atoms with van der Waals surface area (Å²) < 4.78 is 17.2. The summed E-state index contributed by atoms with van der Waals surface area (Å²) in [5.41, 5.74) is 0.964. The summed E-state index contributed by atoms with van der Waals surface area (Å²) in [6.07, 6.45) is 7.19. The molecule has 2 N–H and O–H groups in total. The molecule has 0 saturated heterocycles. The summed E-state index contributed by atoms with van der Waals surface area (Å²) in [5.74, 6) is 4.03. The zero-order valence-electron chi connectivity index (χ0n) is 16.0. The fraction of sp³-hybridized carbons (Fsp3) is 0.667. The van der Waals surface area contributed by atoms with Crippen LogP contribution in [0.1, 0.15) is 38.5 Å². The Morgan fingerprint density at radius 3 is 2.70 bits per heavy atom. The second kappa shape index (κ2) is 9.31. The van der Waals surface area contributed by atoms with E-state index in [0.717, 1.165) is 74.1 Å². The topological polar surface area (TPSA) is 64.1 Å². The van der Waals surface area contributed by atoms with Gasteiger partial charge in [-0.3, -0.25) is 4.99 Å². The van der Waals surface area contributed by atoms with Crippen LogP contribution in [0.5, 0.6) is 11.5 Å².